The number of aromatic hydroxyl groups is 1. The lowest BCUT2D eigenvalue weighted by molar-refractivity contribution is 0.304. The average Bonchev–Trinajstić information content (AvgIpc) is 2.58. The van der Waals surface area contributed by atoms with Crippen LogP contribution in [0.3, 0.4) is 0 Å². The highest BCUT2D eigenvalue weighted by molar-refractivity contribution is 5.33. The first-order chi connectivity index (χ1) is 11.3. The van der Waals surface area contributed by atoms with Gasteiger partial charge in [-0.3, -0.25) is 0 Å². The lowest BCUT2D eigenvalue weighted by atomic mass is 10.0. The van der Waals surface area contributed by atoms with Crippen LogP contribution in [0.25, 0.3) is 0 Å². The van der Waals surface area contributed by atoms with Crippen LogP contribution in [-0.2, 0) is 6.42 Å². The molecule has 2 rings (SSSR count). The Morgan fingerprint density at radius 3 is 1.96 bits per heavy atom. The van der Waals surface area contributed by atoms with E-state index in [2.05, 4.69) is 19.1 Å². The van der Waals surface area contributed by atoms with Crippen molar-refractivity contribution in [3.8, 4) is 11.5 Å². The highest BCUT2D eigenvalue weighted by atomic mass is 16.5. The zero-order valence-corrected chi connectivity index (χ0v) is 14.1. The van der Waals surface area contributed by atoms with Crippen LogP contribution in [-0.4, -0.2) is 11.7 Å². The number of hydrogen-bond acceptors (Lipinski definition) is 2. The van der Waals surface area contributed by atoms with Crippen molar-refractivity contribution >= 4 is 0 Å². The minimum atomic E-state index is 0.312. The molecule has 2 aromatic carbocycles. The van der Waals surface area contributed by atoms with Crippen molar-refractivity contribution in [1.82, 2.24) is 0 Å². The number of hydrogen-bond donors (Lipinski definition) is 1. The quantitative estimate of drug-likeness (QED) is 0.568. The summed E-state index contributed by atoms with van der Waals surface area (Å²) in [6.45, 7) is 3.05. The van der Waals surface area contributed by atoms with Gasteiger partial charge in [0.05, 0.1) is 6.61 Å². The summed E-state index contributed by atoms with van der Waals surface area (Å²) >= 11 is 0. The number of phenolic OH excluding ortho intramolecular Hbond substituents is 1. The fourth-order valence-electron chi connectivity index (χ4n) is 2.63. The van der Waals surface area contributed by atoms with E-state index >= 15 is 0 Å². The van der Waals surface area contributed by atoms with E-state index in [0.717, 1.165) is 25.2 Å². The third-order valence-electron chi connectivity index (χ3n) is 4.03. The molecular formula is C21H28O2. The van der Waals surface area contributed by atoms with E-state index in [1.165, 1.54) is 43.2 Å². The van der Waals surface area contributed by atoms with Crippen molar-refractivity contribution in [1.29, 1.82) is 0 Å². The summed E-state index contributed by atoms with van der Waals surface area (Å²) in [5.74, 6) is 1.26. The predicted octanol–water partition coefficient (Wildman–Crippen LogP) is 5.72. The third-order valence-corrected chi connectivity index (χ3v) is 4.03. The SMILES string of the molecule is CCCCCCCCOc1ccc(Cc2ccc(O)cc2)cc1. The standard InChI is InChI=1S/C21H28O2/c1-2-3-4-5-6-7-16-23-21-14-10-19(11-15-21)17-18-8-12-20(22)13-9-18/h8-15,22H,2-7,16-17H2,1H3. The Kier molecular flexibility index (Phi) is 7.51. The molecule has 2 heteroatoms. The summed E-state index contributed by atoms with van der Waals surface area (Å²) in [5, 5.41) is 9.31. The van der Waals surface area contributed by atoms with Crippen LogP contribution in [0.2, 0.25) is 0 Å². The Labute approximate surface area is 140 Å². The monoisotopic (exact) mass is 312 g/mol. The summed E-state index contributed by atoms with van der Waals surface area (Å²) < 4.78 is 5.80. The largest absolute Gasteiger partial charge is 0.508 e. The molecule has 0 aromatic heterocycles. The molecule has 0 aliphatic rings. The first-order valence-corrected chi connectivity index (χ1v) is 8.77. The average molecular weight is 312 g/mol. The van der Waals surface area contributed by atoms with Crippen molar-refractivity contribution in [2.45, 2.75) is 51.9 Å². The molecule has 2 nitrogen and oxygen atoms in total. The van der Waals surface area contributed by atoms with Crippen LogP contribution in [0, 0.1) is 0 Å². The summed E-state index contributed by atoms with van der Waals surface area (Å²) in [6, 6.07) is 15.7. The molecule has 0 aliphatic heterocycles. The zero-order valence-electron chi connectivity index (χ0n) is 14.1. The maximum absolute atomic E-state index is 9.31. The van der Waals surface area contributed by atoms with Crippen LogP contribution >= 0.6 is 0 Å². The Morgan fingerprint density at radius 2 is 1.30 bits per heavy atom. The molecule has 0 fully saturated rings. The van der Waals surface area contributed by atoms with E-state index in [0.29, 0.717) is 5.75 Å². The van der Waals surface area contributed by atoms with Crippen molar-refractivity contribution in [3.05, 3.63) is 59.7 Å². The fraction of sp³-hybridized carbons (Fsp3) is 0.429. The van der Waals surface area contributed by atoms with Gasteiger partial charge in [0.25, 0.3) is 0 Å². The highest BCUT2D eigenvalue weighted by Gasteiger charge is 1.99. The number of rotatable bonds is 10. The molecule has 0 saturated carbocycles. The minimum absolute atomic E-state index is 0.312. The summed E-state index contributed by atoms with van der Waals surface area (Å²) in [6.07, 6.45) is 8.59. The molecule has 23 heavy (non-hydrogen) atoms. The van der Waals surface area contributed by atoms with E-state index in [1.54, 1.807) is 12.1 Å². The molecule has 0 unspecified atom stereocenters. The van der Waals surface area contributed by atoms with Crippen LogP contribution < -0.4 is 4.74 Å². The second kappa shape index (κ2) is 9.94. The van der Waals surface area contributed by atoms with Crippen LogP contribution in [0.1, 0.15) is 56.6 Å². The molecule has 124 valence electrons. The summed E-state index contributed by atoms with van der Waals surface area (Å²) in [7, 11) is 0. The smallest absolute Gasteiger partial charge is 0.119 e. The van der Waals surface area contributed by atoms with E-state index in [4.69, 9.17) is 4.74 Å². The molecule has 0 radical (unpaired) electrons. The number of unbranched alkanes of at least 4 members (excludes halogenated alkanes) is 5. The maximum atomic E-state index is 9.31. The Morgan fingerprint density at radius 1 is 0.739 bits per heavy atom. The van der Waals surface area contributed by atoms with E-state index in [-0.39, 0.29) is 0 Å². The Hall–Kier alpha value is -1.96. The van der Waals surface area contributed by atoms with E-state index in [9.17, 15) is 5.11 Å². The Balaban J connectivity index is 1.69. The first-order valence-electron chi connectivity index (χ1n) is 8.77. The van der Waals surface area contributed by atoms with Crippen molar-refractivity contribution in [2.24, 2.45) is 0 Å². The number of ether oxygens (including phenoxy) is 1. The molecular weight excluding hydrogens is 284 g/mol. The normalized spacial score (nSPS) is 10.7. The first kappa shape index (κ1) is 17.4. The van der Waals surface area contributed by atoms with Gasteiger partial charge in [-0.05, 0) is 48.2 Å². The van der Waals surface area contributed by atoms with Crippen molar-refractivity contribution < 1.29 is 9.84 Å². The predicted molar refractivity (Wildman–Crippen MR) is 96.2 cm³/mol. The molecule has 0 heterocycles. The van der Waals surface area contributed by atoms with Crippen molar-refractivity contribution in [2.75, 3.05) is 6.61 Å². The second-order valence-electron chi connectivity index (χ2n) is 6.10. The molecule has 1 N–H and O–H groups in total. The van der Waals surface area contributed by atoms with Crippen LogP contribution in [0.4, 0.5) is 0 Å². The number of phenols is 1. The highest BCUT2D eigenvalue weighted by Crippen LogP contribution is 2.17. The van der Waals surface area contributed by atoms with Gasteiger partial charge in [-0.25, -0.2) is 0 Å². The van der Waals surface area contributed by atoms with Crippen LogP contribution in [0.5, 0.6) is 11.5 Å². The molecule has 0 atom stereocenters. The summed E-state index contributed by atoms with van der Waals surface area (Å²) in [4.78, 5) is 0. The molecule has 0 saturated heterocycles. The minimum Gasteiger partial charge on any atom is -0.508 e. The summed E-state index contributed by atoms with van der Waals surface area (Å²) in [5.41, 5.74) is 2.45. The lowest BCUT2D eigenvalue weighted by Gasteiger charge is -2.08. The topological polar surface area (TPSA) is 29.5 Å². The van der Waals surface area contributed by atoms with E-state index < -0.39 is 0 Å². The van der Waals surface area contributed by atoms with Gasteiger partial charge in [-0.2, -0.15) is 0 Å². The number of benzene rings is 2. The van der Waals surface area contributed by atoms with Gasteiger partial charge >= 0.3 is 0 Å². The van der Waals surface area contributed by atoms with Crippen molar-refractivity contribution in [3.63, 3.8) is 0 Å². The third kappa shape index (κ3) is 6.77. The van der Waals surface area contributed by atoms with Gasteiger partial charge in [0, 0.05) is 0 Å². The van der Waals surface area contributed by atoms with Gasteiger partial charge in [0.2, 0.25) is 0 Å². The Bertz CT molecular complexity index is 543. The van der Waals surface area contributed by atoms with E-state index in [1.807, 2.05) is 24.3 Å². The van der Waals surface area contributed by atoms with Crippen LogP contribution in [0.15, 0.2) is 48.5 Å². The fourth-order valence-corrected chi connectivity index (χ4v) is 2.63. The molecule has 2 aromatic rings. The van der Waals surface area contributed by atoms with Gasteiger partial charge in [0.1, 0.15) is 11.5 Å². The van der Waals surface area contributed by atoms with Gasteiger partial charge in [-0.1, -0.05) is 63.3 Å². The van der Waals surface area contributed by atoms with Gasteiger partial charge in [-0.15, -0.1) is 0 Å². The lowest BCUT2D eigenvalue weighted by Crippen LogP contribution is -1.97. The van der Waals surface area contributed by atoms with Gasteiger partial charge < -0.3 is 9.84 Å². The second-order valence-corrected chi connectivity index (χ2v) is 6.10. The molecule has 0 amide bonds. The molecule has 0 bridgehead atoms. The zero-order chi connectivity index (χ0) is 16.3. The molecule has 0 spiro atoms. The molecule has 0 aliphatic carbocycles. The van der Waals surface area contributed by atoms with Gasteiger partial charge in [0.15, 0.2) is 0 Å². The maximum Gasteiger partial charge on any atom is 0.119 e.